The number of aromatic nitrogens is 3. The Bertz CT molecular complexity index is 505. The van der Waals surface area contributed by atoms with E-state index in [0.29, 0.717) is 17.0 Å². The first kappa shape index (κ1) is 17.6. The molecular weight excluding hydrogens is 322 g/mol. The SMILES string of the molecule is CC1SCCN(C(=O)c2cn(C3CCNCC3)nn2)C1C.Cl. The average molecular weight is 346 g/mol. The van der Waals surface area contributed by atoms with E-state index in [-0.39, 0.29) is 24.4 Å². The highest BCUT2D eigenvalue weighted by Gasteiger charge is 2.31. The van der Waals surface area contributed by atoms with Crippen LogP contribution < -0.4 is 5.32 Å². The Morgan fingerprint density at radius 3 is 2.82 bits per heavy atom. The van der Waals surface area contributed by atoms with E-state index in [9.17, 15) is 4.79 Å². The number of nitrogens with zero attached hydrogens (tertiary/aromatic N) is 4. The van der Waals surface area contributed by atoms with Gasteiger partial charge in [0.15, 0.2) is 5.69 Å². The molecule has 124 valence electrons. The van der Waals surface area contributed by atoms with E-state index in [2.05, 4.69) is 29.5 Å². The summed E-state index contributed by atoms with van der Waals surface area (Å²) in [4.78, 5) is 14.6. The lowest BCUT2D eigenvalue weighted by Gasteiger charge is -2.37. The van der Waals surface area contributed by atoms with E-state index in [4.69, 9.17) is 0 Å². The van der Waals surface area contributed by atoms with Crippen LogP contribution in [-0.2, 0) is 0 Å². The second-order valence-electron chi connectivity index (χ2n) is 5.88. The molecule has 3 heterocycles. The number of nitrogens with one attached hydrogen (secondary N) is 1. The van der Waals surface area contributed by atoms with Crippen molar-refractivity contribution >= 4 is 30.1 Å². The third kappa shape index (κ3) is 3.58. The number of rotatable bonds is 2. The number of hydrogen-bond donors (Lipinski definition) is 1. The van der Waals surface area contributed by atoms with Gasteiger partial charge in [0, 0.05) is 23.6 Å². The van der Waals surface area contributed by atoms with Crippen molar-refractivity contribution in [2.75, 3.05) is 25.4 Å². The van der Waals surface area contributed by atoms with Crippen molar-refractivity contribution in [3.8, 4) is 0 Å². The van der Waals surface area contributed by atoms with Gasteiger partial charge in [-0.2, -0.15) is 11.8 Å². The molecule has 1 aromatic heterocycles. The Morgan fingerprint density at radius 1 is 1.36 bits per heavy atom. The Morgan fingerprint density at radius 2 is 2.09 bits per heavy atom. The first-order valence-electron chi connectivity index (χ1n) is 7.72. The summed E-state index contributed by atoms with van der Waals surface area (Å²) in [5, 5.41) is 12.1. The third-order valence-corrected chi connectivity index (χ3v) is 5.89. The molecule has 22 heavy (non-hydrogen) atoms. The first-order chi connectivity index (χ1) is 10.2. The van der Waals surface area contributed by atoms with Crippen molar-refractivity contribution in [2.45, 2.75) is 44.0 Å². The number of halogens is 1. The van der Waals surface area contributed by atoms with Crippen LogP contribution in [-0.4, -0.2) is 62.5 Å². The van der Waals surface area contributed by atoms with Gasteiger partial charge in [0.2, 0.25) is 0 Å². The summed E-state index contributed by atoms with van der Waals surface area (Å²) < 4.78 is 1.88. The molecule has 3 rings (SSSR count). The van der Waals surface area contributed by atoms with Gasteiger partial charge < -0.3 is 10.2 Å². The summed E-state index contributed by atoms with van der Waals surface area (Å²) in [6.45, 7) is 7.11. The fourth-order valence-electron chi connectivity index (χ4n) is 2.99. The number of carbonyl (C=O) groups is 1. The van der Waals surface area contributed by atoms with Gasteiger partial charge in [-0.25, -0.2) is 4.68 Å². The molecule has 2 aliphatic heterocycles. The van der Waals surface area contributed by atoms with Crippen molar-refractivity contribution in [1.29, 1.82) is 0 Å². The number of carbonyl (C=O) groups excluding carboxylic acids is 1. The molecule has 2 atom stereocenters. The molecule has 1 N–H and O–H groups in total. The predicted octanol–water partition coefficient (Wildman–Crippen LogP) is 1.59. The normalized spacial score (nSPS) is 26.5. The highest BCUT2D eigenvalue weighted by Crippen LogP contribution is 2.25. The van der Waals surface area contributed by atoms with Crippen LogP contribution in [0.3, 0.4) is 0 Å². The lowest BCUT2D eigenvalue weighted by atomic mass is 10.1. The van der Waals surface area contributed by atoms with E-state index in [1.54, 1.807) is 0 Å². The average Bonchev–Trinajstić information content (AvgIpc) is 3.00. The lowest BCUT2D eigenvalue weighted by Crippen LogP contribution is -2.48. The molecule has 1 amide bonds. The van der Waals surface area contributed by atoms with Gasteiger partial charge in [-0.05, 0) is 32.9 Å². The molecule has 0 radical (unpaired) electrons. The zero-order valence-corrected chi connectivity index (χ0v) is 14.7. The quantitative estimate of drug-likeness (QED) is 0.882. The van der Waals surface area contributed by atoms with Gasteiger partial charge in [-0.3, -0.25) is 4.79 Å². The predicted molar refractivity (Wildman–Crippen MR) is 90.8 cm³/mol. The molecule has 0 saturated carbocycles. The maximum Gasteiger partial charge on any atom is 0.276 e. The second-order valence-corrected chi connectivity index (χ2v) is 7.37. The zero-order valence-electron chi connectivity index (χ0n) is 13.1. The minimum Gasteiger partial charge on any atom is -0.333 e. The minimum absolute atomic E-state index is 0. The molecule has 8 heteroatoms. The Balaban J connectivity index is 0.00000176. The van der Waals surface area contributed by atoms with Crippen molar-refractivity contribution in [3.63, 3.8) is 0 Å². The second kappa shape index (κ2) is 7.66. The summed E-state index contributed by atoms with van der Waals surface area (Å²) in [5.41, 5.74) is 0.486. The van der Waals surface area contributed by atoms with Crippen LogP contribution in [0, 0.1) is 0 Å². The fourth-order valence-corrected chi connectivity index (χ4v) is 4.09. The van der Waals surface area contributed by atoms with Crippen LogP contribution in [0.5, 0.6) is 0 Å². The van der Waals surface area contributed by atoms with Crippen molar-refractivity contribution < 1.29 is 4.79 Å². The van der Waals surface area contributed by atoms with E-state index in [1.807, 2.05) is 27.5 Å². The minimum atomic E-state index is 0. The van der Waals surface area contributed by atoms with Crippen molar-refractivity contribution in [2.24, 2.45) is 0 Å². The summed E-state index contributed by atoms with van der Waals surface area (Å²) in [7, 11) is 0. The molecule has 1 aromatic rings. The van der Waals surface area contributed by atoms with E-state index >= 15 is 0 Å². The van der Waals surface area contributed by atoms with Gasteiger partial charge in [-0.15, -0.1) is 17.5 Å². The molecule has 0 aromatic carbocycles. The number of amides is 1. The Kier molecular flexibility index (Phi) is 6.11. The van der Waals surface area contributed by atoms with Gasteiger partial charge in [0.05, 0.1) is 12.2 Å². The van der Waals surface area contributed by atoms with Crippen LogP contribution in [0.2, 0.25) is 0 Å². The monoisotopic (exact) mass is 345 g/mol. The van der Waals surface area contributed by atoms with Crippen molar-refractivity contribution in [3.05, 3.63) is 11.9 Å². The summed E-state index contributed by atoms with van der Waals surface area (Å²) in [6.07, 6.45) is 3.92. The molecule has 0 aliphatic carbocycles. The van der Waals surface area contributed by atoms with Gasteiger partial charge in [0.1, 0.15) is 0 Å². The molecule has 2 saturated heterocycles. The maximum absolute atomic E-state index is 12.6. The molecule has 6 nitrogen and oxygen atoms in total. The van der Waals surface area contributed by atoms with E-state index < -0.39 is 0 Å². The molecule has 0 bridgehead atoms. The largest absolute Gasteiger partial charge is 0.333 e. The Hall–Kier alpha value is -0.790. The summed E-state index contributed by atoms with van der Waals surface area (Å²) in [5.74, 6) is 1.02. The van der Waals surface area contributed by atoms with E-state index in [0.717, 1.165) is 38.2 Å². The van der Waals surface area contributed by atoms with Crippen LogP contribution >= 0.6 is 24.2 Å². The van der Waals surface area contributed by atoms with Crippen LogP contribution in [0.1, 0.15) is 43.2 Å². The molecule has 0 spiro atoms. The standard InChI is InChI=1S/C14H23N5OS.ClH/c1-10-11(2)21-8-7-18(10)14(20)13-9-19(17-16-13)12-3-5-15-6-4-12;/h9-12,15H,3-8H2,1-2H3;1H. The van der Waals surface area contributed by atoms with Crippen LogP contribution in [0.15, 0.2) is 6.20 Å². The van der Waals surface area contributed by atoms with Crippen LogP contribution in [0.25, 0.3) is 0 Å². The fraction of sp³-hybridized carbons (Fsp3) is 0.786. The van der Waals surface area contributed by atoms with Gasteiger partial charge in [0.25, 0.3) is 5.91 Å². The van der Waals surface area contributed by atoms with Crippen LogP contribution in [0.4, 0.5) is 0 Å². The summed E-state index contributed by atoms with van der Waals surface area (Å²) >= 11 is 1.93. The van der Waals surface area contributed by atoms with Crippen molar-refractivity contribution in [1.82, 2.24) is 25.2 Å². The zero-order chi connectivity index (χ0) is 14.8. The van der Waals surface area contributed by atoms with E-state index in [1.165, 1.54) is 0 Å². The number of piperidine rings is 1. The summed E-state index contributed by atoms with van der Waals surface area (Å²) in [6, 6.07) is 0.619. The van der Waals surface area contributed by atoms with Gasteiger partial charge >= 0.3 is 0 Å². The molecule has 2 unspecified atom stereocenters. The van der Waals surface area contributed by atoms with Gasteiger partial charge in [-0.1, -0.05) is 12.1 Å². The number of hydrogen-bond acceptors (Lipinski definition) is 5. The number of thioether (sulfide) groups is 1. The first-order valence-corrected chi connectivity index (χ1v) is 8.77. The molecular formula is C14H24ClN5OS. The lowest BCUT2D eigenvalue weighted by molar-refractivity contribution is 0.0692. The molecule has 2 aliphatic rings. The third-order valence-electron chi connectivity index (χ3n) is 4.56. The smallest absolute Gasteiger partial charge is 0.276 e. The highest BCUT2D eigenvalue weighted by molar-refractivity contribution is 8.00. The molecule has 2 fully saturated rings. The topological polar surface area (TPSA) is 63.1 Å². The Labute approximate surface area is 141 Å². The highest BCUT2D eigenvalue weighted by atomic mass is 35.5. The maximum atomic E-state index is 12.6.